The van der Waals surface area contributed by atoms with Crippen LogP contribution in [0.2, 0.25) is 0 Å². The van der Waals surface area contributed by atoms with Crippen molar-refractivity contribution in [1.29, 1.82) is 0 Å². The first-order valence-corrected chi connectivity index (χ1v) is 9.69. The smallest absolute Gasteiger partial charge is 0.227 e. The lowest BCUT2D eigenvalue weighted by molar-refractivity contribution is 0.414. The minimum absolute atomic E-state index is 0.762. The Hall–Kier alpha value is -3.08. The number of rotatable bonds is 9. The maximum atomic E-state index is 5.21. The minimum atomic E-state index is 0.762. The zero-order valence-corrected chi connectivity index (χ0v) is 16.9. The van der Waals surface area contributed by atoms with Crippen molar-refractivity contribution >= 4 is 11.8 Å². The molecule has 0 fully saturated rings. The summed E-state index contributed by atoms with van der Waals surface area (Å²) in [4.78, 5) is 11.6. The van der Waals surface area contributed by atoms with Crippen molar-refractivity contribution in [3.8, 4) is 5.75 Å². The van der Waals surface area contributed by atoms with Crippen LogP contribution in [0.4, 0.5) is 11.8 Å². The van der Waals surface area contributed by atoms with Crippen LogP contribution in [0.15, 0.2) is 60.7 Å². The highest BCUT2D eigenvalue weighted by atomic mass is 16.5. The fraction of sp³-hybridized carbons (Fsp3) is 0.304. The zero-order chi connectivity index (χ0) is 19.8. The molecule has 0 atom stereocenters. The van der Waals surface area contributed by atoms with Crippen molar-refractivity contribution in [3.63, 3.8) is 0 Å². The molecule has 0 bridgehead atoms. The van der Waals surface area contributed by atoms with Crippen LogP contribution in [0.3, 0.4) is 0 Å². The van der Waals surface area contributed by atoms with Gasteiger partial charge in [0.25, 0.3) is 0 Å². The average molecular weight is 377 g/mol. The van der Waals surface area contributed by atoms with Gasteiger partial charge >= 0.3 is 0 Å². The first kappa shape index (κ1) is 19.7. The highest BCUT2D eigenvalue weighted by Crippen LogP contribution is 2.17. The molecule has 146 valence electrons. The van der Waals surface area contributed by atoms with Crippen LogP contribution >= 0.6 is 0 Å². The van der Waals surface area contributed by atoms with Crippen molar-refractivity contribution in [3.05, 3.63) is 77.5 Å². The van der Waals surface area contributed by atoms with Gasteiger partial charge in [-0.1, -0.05) is 42.5 Å². The molecule has 1 aromatic heterocycles. The summed E-state index contributed by atoms with van der Waals surface area (Å²) in [5.41, 5.74) is 3.48. The predicted molar refractivity (Wildman–Crippen MR) is 115 cm³/mol. The second-order valence-electron chi connectivity index (χ2n) is 6.72. The normalized spacial score (nSPS) is 10.5. The molecule has 0 saturated heterocycles. The molecule has 0 saturated carbocycles. The number of aryl methyl sites for hydroxylation is 1. The van der Waals surface area contributed by atoms with Crippen LogP contribution in [0.1, 0.15) is 23.7 Å². The molecular formula is C23H28N4O. The number of benzene rings is 2. The van der Waals surface area contributed by atoms with Gasteiger partial charge in [-0.3, -0.25) is 0 Å². The molecule has 28 heavy (non-hydrogen) atoms. The second kappa shape index (κ2) is 9.74. The van der Waals surface area contributed by atoms with Gasteiger partial charge in [-0.15, -0.1) is 0 Å². The SMILES string of the molecule is CCN(Cc1ccccc1)c1nc(C)cc(NCCc2ccc(OC)cc2)n1. The number of anilines is 2. The summed E-state index contributed by atoms with van der Waals surface area (Å²) in [5.74, 6) is 2.51. The third-order valence-corrected chi connectivity index (χ3v) is 4.60. The molecule has 0 aliphatic rings. The van der Waals surface area contributed by atoms with Gasteiger partial charge in [-0.05, 0) is 43.5 Å². The standard InChI is InChI=1S/C23H28N4O/c1-4-27(17-20-8-6-5-7-9-20)23-25-18(2)16-22(26-23)24-15-14-19-10-12-21(28-3)13-11-19/h5-13,16H,4,14-15,17H2,1-3H3,(H,24,25,26). The van der Waals surface area contributed by atoms with E-state index in [0.29, 0.717) is 0 Å². The van der Waals surface area contributed by atoms with Crippen LogP contribution in [0, 0.1) is 6.92 Å². The van der Waals surface area contributed by atoms with Crippen LogP contribution in [-0.4, -0.2) is 30.2 Å². The molecule has 1 N–H and O–H groups in total. The number of nitrogens with one attached hydrogen (secondary N) is 1. The van der Waals surface area contributed by atoms with Crippen molar-refractivity contribution < 1.29 is 4.74 Å². The molecule has 3 rings (SSSR count). The van der Waals surface area contributed by atoms with E-state index in [-0.39, 0.29) is 0 Å². The van der Waals surface area contributed by atoms with E-state index >= 15 is 0 Å². The van der Waals surface area contributed by atoms with Gasteiger partial charge in [0.2, 0.25) is 5.95 Å². The van der Waals surface area contributed by atoms with Gasteiger partial charge < -0.3 is 15.0 Å². The molecule has 3 aromatic rings. The molecule has 1 heterocycles. The Morgan fingerprint density at radius 2 is 1.71 bits per heavy atom. The van der Waals surface area contributed by atoms with Crippen molar-refractivity contribution in [2.45, 2.75) is 26.8 Å². The quantitative estimate of drug-likeness (QED) is 0.597. The van der Waals surface area contributed by atoms with Crippen molar-refractivity contribution in [1.82, 2.24) is 9.97 Å². The fourth-order valence-electron chi connectivity index (χ4n) is 3.04. The van der Waals surface area contributed by atoms with E-state index in [2.05, 4.69) is 58.5 Å². The van der Waals surface area contributed by atoms with Crippen LogP contribution in [0.25, 0.3) is 0 Å². The summed E-state index contributed by atoms with van der Waals surface area (Å²) >= 11 is 0. The Labute approximate surface area is 167 Å². The first-order chi connectivity index (χ1) is 13.7. The first-order valence-electron chi connectivity index (χ1n) is 9.69. The predicted octanol–water partition coefficient (Wildman–Crippen LogP) is 4.47. The fourth-order valence-corrected chi connectivity index (χ4v) is 3.04. The number of hydrogen-bond donors (Lipinski definition) is 1. The van der Waals surface area contributed by atoms with Gasteiger partial charge in [-0.25, -0.2) is 4.98 Å². The van der Waals surface area contributed by atoms with Crippen LogP contribution in [0.5, 0.6) is 5.75 Å². The Balaban J connectivity index is 1.64. The third-order valence-electron chi connectivity index (χ3n) is 4.60. The number of aromatic nitrogens is 2. The van der Waals surface area contributed by atoms with E-state index in [1.807, 2.05) is 31.2 Å². The lowest BCUT2D eigenvalue weighted by Gasteiger charge is -2.22. The summed E-state index contributed by atoms with van der Waals surface area (Å²) in [5, 5.41) is 3.44. The molecule has 0 aliphatic heterocycles. The Morgan fingerprint density at radius 3 is 2.39 bits per heavy atom. The second-order valence-corrected chi connectivity index (χ2v) is 6.72. The van der Waals surface area contributed by atoms with E-state index < -0.39 is 0 Å². The van der Waals surface area contributed by atoms with Crippen molar-refractivity contribution in [2.24, 2.45) is 0 Å². The number of hydrogen-bond acceptors (Lipinski definition) is 5. The largest absolute Gasteiger partial charge is 0.497 e. The Bertz CT molecular complexity index is 866. The minimum Gasteiger partial charge on any atom is -0.497 e. The van der Waals surface area contributed by atoms with Gasteiger partial charge in [-0.2, -0.15) is 4.98 Å². The molecule has 2 aromatic carbocycles. The summed E-state index contributed by atoms with van der Waals surface area (Å²) in [6.07, 6.45) is 0.921. The van der Waals surface area contributed by atoms with Crippen molar-refractivity contribution in [2.75, 3.05) is 30.4 Å². The van der Waals surface area contributed by atoms with Crippen LogP contribution in [-0.2, 0) is 13.0 Å². The summed E-state index contributed by atoms with van der Waals surface area (Å²) in [6.45, 7) is 6.60. The maximum absolute atomic E-state index is 5.21. The molecule has 5 heteroatoms. The summed E-state index contributed by atoms with van der Waals surface area (Å²) in [6, 6.07) is 20.6. The molecule has 0 spiro atoms. The third kappa shape index (κ3) is 5.46. The number of methoxy groups -OCH3 is 1. The van der Waals surface area contributed by atoms with Gasteiger partial charge in [0.05, 0.1) is 7.11 Å². The topological polar surface area (TPSA) is 50.3 Å². The molecular weight excluding hydrogens is 348 g/mol. The van der Waals surface area contributed by atoms with Gasteiger partial charge in [0.15, 0.2) is 0 Å². The van der Waals surface area contributed by atoms with E-state index in [1.165, 1.54) is 11.1 Å². The van der Waals surface area contributed by atoms with E-state index in [0.717, 1.165) is 49.3 Å². The zero-order valence-electron chi connectivity index (χ0n) is 16.9. The summed E-state index contributed by atoms with van der Waals surface area (Å²) < 4.78 is 5.21. The van der Waals surface area contributed by atoms with Gasteiger partial charge in [0, 0.05) is 31.4 Å². The Morgan fingerprint density at radius 1 is 0.964 bits per heavy atom. The lowest BCUT2D eigenvalue weighted by atomic mass is 10.1. The highest BCUT2D eigenvalue weighted by Gasteiger charge is 2.10. The van der Waals surface area contributed by atoms with E-state index in [9.17, 15) is 0 Å². The molecule has 0 amide bonds. The van der Waals surface area contributed by atoms with Crippen LogP contribution < -0.4 is 15.0 Å². The molecule has 5 nitrogen and oxygen atoms in total. The molecule has 0 radical (unpaired) electrons. The highest BCUT2D eigenvalue weighted by molar-refractivity contribution is 5.44. The maximum Gasteiger partial charge on any atom is 0.227 e. The molecule has 0 aliphatic carbocycles. The summed E-state index contributed by atoms with van der Waals surface area (Å²) in [7, 11) is 1.68. The van der Waals surface area contributed by atoms with E-state index in [4.69, 9.17) is 9.72 Å². The Kier molecular flexibility index (Phi) is 6.84. The van der Waals surface area contributed by atoms with Gasteiger partial charge in [0.1, 0.15) is 11.6 Å². The molecule has 0 unspecified atom stereocenters. The average Bonchev–Trinajstić information content (AvgIpc) is 2.73. The number of nitrogens with zero attached hydrogens (tertiary/aromatic N) is 3. The number of ether oxygens (including phenoxy) is 1. The van der Waals surface area contributed by atoms with E-state index in [1.54, 1.807) is 7.11 Å². The lowest BCUT2D eigenvalue weighted by Crippen LogP contribution is -2.25. The monoisotopic (exact) mass is 376 g/mol.